The molecular weight excluding hydrogens is 1720 g/mol. The van der Waals surface area contributed by atoms with E-state index in [0.717, 1.165) is 72.8 Å². The molecule has 0 bridgehead atoms. The first-order valence-electron chi connectivity index (χ1n) is 38.8. The highest BCUT2D eigenvalue weighted by atomic mass is 16.7. The minimum Gasteiger partial charge on any atom is -0.507 e. The van der Waals surface area contributed by atoms with E-state index in [9.17, 15) is 158 Å². The molecule has 0 radical (unpaired) electrons. The fourth-order valence-corrected chi connectivity index (χ4v) is 17.0. The molecule has 0 aliphatic carbocycles. The van der Waals surface area contributed by atoms with Crippen LogP contribution in [0.3, 0.4) is 0 Å². The van der Waals surface area contributed by atoms with E-state index in [1.54, 1.807) is 0 Å². The van der Waals surface area contributed by atoms with Gasteiger partial charge in [-0.3, -0.25) is 0 Å². The molecule has 43 heteroatoms. The van der Waals surface area contributed by atoms with E-state index in [4.69, 9.17) is 47.4 Å². The van der Waals surface area contributed by atoms with Gasteiger partial charge in [-0.1, -0.05) is 18.2 Å². The zero-order valence-corrected chi connectivity index (χ0v) is 65.6. The Morgan fingerprint density at radius 2 is 0.667 bits per heavy atom. The van der Waals surface area contributed by atoms with E-state index in [1.807, 2.05) is 0 Å². The molecule has 6 heterocycles. The number of hydrogen-bond acceptors (Lipinski definition) is 43. The Morgan fingerprint density at radius 1 is 0.310 bits per heavy atom. The molecule has 0 spiro atoms. The van der Waals surface area contributed by atoms with E-state index in [-0.39, 0.29) is 11.1 Å². The Morgan fingerprint density at radius 3 is 1.10 bits per heavy atom. The van der Waals surface area contributed by atoms with Crippen molar-refractivity contribution in [3.8, 4) is 155 Å². The largest absolute Gasteiger partial charge is 0.507 e. The van der Waals surface area contributed by atoms with Crippen molar-refractivity contribution in [1.29, 1.82) is 0 Å². The normalized spacial score (nSPS) is 26.8. The number of ether oxygens (including phenoxy) is 10. The van der Waals surface area contributed by atoms with Crippen LogP contribution in [0.2, 0.25) is 0 Å². The zero-order valence-electron chi connectivity index (χ0n) is 65.6. The van der Waals surface area contributed by atoms with E-state index in [0.29, 0.717) is 48.5 Å². The molecule has 0 amide bonds. The number of aliphatic hydroxyl groups is 10. The predicted octanol–water partition coefficient (Wildman–Crippen LogP) is 2.51. The lowest BCUT2D eigenvalue weighted by molar-refractivity contribution is -0.277. The zero-order chi connectivity index (χ0) is 92.7. The van der Waals surface area contributed by atoms with Gasteiger partial charge < -0.3 is 206 Å². The van der Waals surface area contributed by atoms with Crippen molar-refractivity contribution >= 4 is 11.9 Å². The van der Waals surface area contributed by atoms with Crippen LogP contribution < -0.4 is 28.4 Å². The molecule has 680 valence electrons. The highest BCUT2D eigenvalue weighted by Gasteiger charge is 2.57. The number of aromatic hydroxyl groups is 21. The molecule has 16 rings (SSSR count). The summed E-state index contributed by atoms with van der Waals surface area (Å²) in [4.78, 5) is 30.5. The number of esters is 2. The van der Waals surface area contributed by atoms with Crippen molar-refractivity contribution in [2.24, 2.45) is 0 Å². The first kappa shape index (κ1) is 87.7. The van der Waals surface area contributed by atoms with Gasteiger partial charge in [-0.05, 0) is 78.4 Å². The fourth-order valence-electron chi connectivity index (χ4n) is 17.0. The van der Waals surface area contributed by atoms with Crippen molar-refractivity contribution in [3.05, 3.63) is 194 Å². The third-order valence-corrected chi connectivity index (χ3v) is 23.3. The van der Waals surface area contributed by atoms with E-state index >= 15 is 9.59 Å². The number of carbonyl (C=O) groups is 2. The third-order valence-electron chi connectivity index (χ3n) is 23.3. The van der Waals surface area contributed by atoms with Crippen LogP contribution >= 0.6 is 0 Å². The number of aliphatic hydroxyl groups excluding tert-OH is 10. The first-order valence-corrected chi connectivity index (χ1v) is 38.8. The highest BCUT2D eigenvalue weighted by Crippen LogP contribution is 2.67. The van der Waals surface area contributed by atoms with E-state index < -0.39 is 376 Å². The summed E-state index contributed by atoms with van der Waals surface area (Å²) in [6, 6.07) is 15.6. The molecule has 2 saturated heterocycles. The highest BCUT2D eigenvalue weighted by molar-refractivity contribution is 5.92. The summed E-state index contributed by atoms with van der Waals surface area (Å²) in [6.07, 6.45) is -39.0. The second kappa shape index (κ2) is 33.2. The van der Waals surface area contributed by atoms with Gasteiger partial charge in [0.05, 0.1) is 48.2 Å². The van der Waals surface area contributed by atoms with Crippen LogP contribution in [0.1, 0.15) is 124 Å². The number of benzene rings is 10. The van der Waals surface area contributed by atoms with Crippen LogP contribution in [-0.2, 0) is 25.4 Å². The van der Waals surface area contributed by atoms with Crippen LogP contribution in [0.15, 0.2) is 121 Å². The number of phenolic OH excluding ortho intramolecular Hbond substituents is 21. The molecule has 6 aliphatic rings. The van der Waals surface area contributed by atoms with Crippen LogP contribution in [-0.4, -0.2) is 269 Å². The monoisotopic (exact) mass is 1800 g/mol. The maximum Gasteiger partial charge on any atom is 0.338 e. The number of carbonyl (C=O) groups excluding carboxylic acids is 2. The van der Waals surface area contributed by atoms with Gasteiger partial charge in [-0.15, -0.1) is 0 Å². The van der Waals surface area contributed by atoms with Gasteiger partial charge in [0.15, 0.2) is 117 Å². The Hall–Kier alpha value is -14.7. The molecule has 0 saturated carbocycles. The smallest absolute Gasteiger partial charge is 0.338 e. The SMILES string of the molecule is O=C(OC1C(c2ccc(O)c(O)c2)Oc2cc(OC3OC(CO)C(O)C(O)C3O)cc(O)c2C1c1c(O)cc(O)c2c1OC(c1cc(O)c(O)c(O)c1)C(O)C2c1c(O)cc(O)c2c1OC(c1ccc(O)c(O)c1)C(OC(=O)c1cc(O)c(O)c(O)c1)C2c1c(O)cc(OC2OC(CO)C(O)C(O)C2O)c2c1OC(c1ccc(O)c(O)c1)C(O)C2)c1cc(O)c(O)c(O)c1. The summed E-state index contributed by atoms with van der Waals surface area (Å²) in [5, 5.41) is 357. The number of fused-ring (bicyclic) bond motifs is 4. The standard InChI is InChI=1S/C86H78O43/c87-22-53-67(111)70(114)72(116)85(123-53)120-30-16-38(95)55-52(17-30)121-76(25-2-5-33(90)36(93)8-25)81(128-83(118)28-12-46(103)65(109)47(104)13-28)62(55)59-41(98)19-39(96)56-61(69(113)75(126-79(56)59)27-10-44(101)64(108)45(102)11-27)57-40(97)20-42(99)60-63(82(129-84(119)29-14-48(105)66(110)49(106)15-29)77(127-80(57)60)26-3-6-34(91)37(94)9-26)58-43(100)21-51(122-86-73(117)71(115)68(112)54(23-88)124-86)31-18-50(107)74(125-78(31)58)24-1-4-32(89)35(92)7-24/h1-17,19-21,50,53-54,61-63,67-77,81-82,85-117H,18,22-23H2. The van der Waals surface area contributed by atoms with Crippen LogP contribution in [0.5, 0.6) is 155 Å². The van der Waals surface area contributed by atoms with Gasteiger partial charge in [0.2, 0.25) is 12.6 Å². The van der Waals surface area contributed by atoms with Gasteiger partial charge in [0.1, 0.15) is 130 Å². The third kappa shape index (κ3) is 15.1. The maximum atomic E-state index is 15.4. The lowest BCUT2D eigenvalue weighted by Crippen LogP contribution is -2.60. The van der Waals surface area contributed by atoms with Crippen molar-refractivity contribution < 1.29 is 215 Å². The molecule has 21 atom stereocenters. The van der Waals surface area contributed by atoms with Gasteiger partial charge in [0.25, 0.3) is 0 Å². The summed E-state index contributed by atoms with van der Waals surface area (Å²) in [6.45, 7) is -2.02. The van der Waals surface area contributed by atoms with E-state index in [2.05, 4.69) is 0 Å². The maximum absolute atomic E-state index is 15.4. The lowest BCUT2D eigenvalue weighted by atomic mass is 9.72. The summed E-state index contributed by atoms with van der Waals surface area (Å²) in [5.74, 6) is -38.5. The van der Waals surface area contributed by atoms with Gasteiger partial charge in [-0.25, -0.2) is 9.59 Å². The number of phenols is 21. The molecule has 0 aromatic heterocycles. The minimum absolute atomic E-state index is 0.186. The van der Waals surface area contributed by atoms with Crippen molar-refractivity contribution in [3.63, 3.8) is 0 Å². The summed E-state index contributed by atoms with van der Waals surface area (Å²) in [5.41, 5.74) is -9.03. The lowest BCUT2D eigenvalue weighted by Gasteiger charge is -2.45. The summed E-state index contributed by atoms with van der Waals surface area (Å²) < 4.78 is 63.3. The average Bonchev–Trinajstić information content (AvgIpc) is 0.701. The second-order valence-electron chi connectivity index (χ2n) is 31.2. The number of hydrogen-bond donors (Lipinski definition) is 31. The molecule has 129 heavy (non-hydrogen) atoms. The Bertz CT molecular complexity index is 6060. The summed E-state index contributed by atoms with van der Waals surface area (Å²) in [7, 11) is 0. The number of rotatable bonds is 17. The Kier molecular flexibility index (Phi) is 22.6. The topological polar surface area (TPSA) is 754 Å². The van der Waals surface area contributed by atoms with Crippen LogP contribution in [0.4, 0.5) is 0 Å². The molecule has 43 nitrogen and oxygen atoms in total. The quantitative estimate of drug-likeness (QED) is 0.0460. The van der Waals surface area contributed by atoms with Crippen molar-refractivity contribution in [1.82, 2.24) is 0 Å². The average molecular weight is 1800 g/mol. The fraction of sp³-hybridized carbons (Fsp3) is 0.279. The molecule has 6 aliphatic heterocycles. The van der Waals surface area contributed by atoms with Crippen LogP contribution in [0.25, 0.3) is 0 Å². The van der Waals surface area contributed by atoms with Gasteiger partial charge >= 0.3 is 11.9 Å². The minimum atomic E-state index is -2.66. The summed E-state index contributed by atoms with van der Waals surface area (Å²) >= 11 is 0. The molecule has 21 unspecified atom stereocenters. The first-order chi connectivity index (χ1) is 61.2. The predicted molar refractivity (Wildman–Crippen MR) is 421 cm³/mol. The Labute approximate surface area is 720 Å². The molecule has 31 N–H and O–H groups in total. The van der Waals surface area contributed by atoms with Crippen LogP contribution in [0, 0.1) is 0 Å². The van der Waals surface area contributed by atoms with Gasteiger partial charge in [0, 0.05) is 92.4 Å². The van der Waals surface area contributed by atoms with Gasteiger partial charge in [-0.2, -0.15) is 0 Å². The van der Waals surface area contributed by atoms with Crippen molar-refractivity contribution in [2.75, 3.05) is 13.2 Å². The molecular formula is C86H78O43. The van der Waals surface area contributed by atoms with E-state index in [1.165, 1.54) is 0 Å². The Balaban J connectivity index is 0.997. The molecule has 10 aromatic carbocycles. The molecule has 2 fully saturated rings. The second-order valence-corrected chi connectivity index (χ2v) is 31.2. The van der Waals surface area contributed by atoms with Crippen molar-refractivity contribution in [2.45, 2.75) is 134 Å². The molecule has 10 aromatic rings.